The number of carbonyl (C=O) groups excluding carboxylic acids is 2. The molecule has 0 radical (unpaired) electrons. The molecular formula is C24H31N3O4S2. The second kappa shape index (κ2) is 10.7. The van der Waals surface area contributed by atoms with Gasteiger partial charge in [0.1, 0.15) is 6.04 Å². The molecule has 2 aromatic carbocycles. The smallest absolute Gasteiger partial charge is 0.243 e. The van der Waals surface area contributed by atoms with E-state index in [9.17, 15) is 18.0 Å². The van der Waals surface area contributed by atoms with Gasteiger partial charge in [0.15, 0.2) is 0 Å². The molecule has 0 bridgehead atoms. The van der Waals surface area contributed by atoms with Gasteiger partial charge >= 0.3 is 0 Å². The van der Waals surface area contributed by atoms with Crippen LogP contribution in [-0.2, 0) is 26.2 Å². The molecule has 1 fully saturated rings. The van der Waals surface area contributed by atoms with Gasteiger partial charge in [0.05, 0.1) is 4.90 Å². The minimum absolute atomic E-state index is 0.0237. The predicted octanol–water partition coefficient (Wildman–Crippen LogP) is 3.07. The lowest BCUT2D eigenvalue weighted by Crippen LogP contribution is -2.61. The SMILES string of the molecule is CSc1ccc(CNC(=O)C2CN(C(C)=O)CCN2S(=O)(=O)c2ccc(C(C)C)cc2)cc1. The van der Waals surface area contributed by atoms with Crippen LogP contribution in [0.3, 0.4) is 0 Å². The molecule has 1 atom stereocenters. The van der Waals surface area contributed by atoms with Crippen LogP contribution in [0.2, 0.25) is 0 Å². The topological polar surface area (TPSA) is 86.8 Å². The monoisotopic (exact) mass is 489 g/mol. The molecule has 33 heavy (non-hydrogen) atoms. The molecule has 1 aliphatic heterocycles. The van der Waals surface area contributed by atoms with Crippen LogP contribution in [0.25, 0.3) is 0 Å². The number of amides is 2. The summed E-state index contributed by atoms with van der Waals surface area (Å²) >= 11 is 1.63. The van der Waals surface area contributed by atoms with Gasteiger partial charge in [-0.3, -0.25) is 9.59 Å². The van der Waals surface area contributed by atoms with Crippen LogP contribution >= 0.6 is 11.8 Å². The molecular weight excluding hydrogens is 458 g/mol. The van der Waals surface area contributed by atoms with Gasteiger partial charge in [0.25, 0.3) is 0 Å². The molecule has 2 amide bonds. The zero-order valence-corrected chi connectivity index (χ0v) is 21.1. The fourth-order valence-electron chi connectivity index (χ4n) is 3.76. The highest BCUT2D eigenvalue weighted by Gasteiger charge is 2.40. The van der Waals surface area contributed by atoms with E-state index in [1.54, 1.807) is 36.0 Å². The molecule has 0 saturated carbocycles. The Hall–Kier alpha value is -2.36. The molecule has 9 heteroatoms. The fraction of sp³-hybridized carbons (Fsp3) is 0.417. The number of piperazine rings is 1. The van der Waals surface area contributed by atoms with Crippen molar-refractivity contribution in [2.75, 3.05) is 25.9 Å². The lowest BCUT2D eigenvalue weighted by Gasteiger charge is -2.39. The zero-order valence-electron chi connectivity index (χ0n) is 19.4. The van der Waals surface area contributed by atoms with E-state index in [1.165, 1.54) is 16.1 Å². The summed E-state index contributed by atoms with van der Waals surface area (Å²) in [6.45, 7) is 6.12. The molecule has 2 aromatic rings. The third-order valence-electron chi connectivity index (χ3n) is 5.86. The number of carbonyl (C=O) groups is 2. The first-order valence-electron chi connectivity index (χ1n) is 10.9. The van der Waals surface area contributed by atoms with E-state index in [-0.39, 0.29) is 42.9 Å². The third kappa shape index (κ3) is 5.96. The van der Waals surface area contributed by atoms with Gasteiger partial charge < -0.3 is 10.2 Å². The Morgan fingerprint density at radius 3 is 2.24 bits per heavy atom. The Labute approximate surface area is 200 Å². The van der Waals surface area contributed by atoms with Crippen LogP contribution < -0.4 is 5.32 Å². The summed E-state index contributed by atoms with van der Waals surface area (Å²) in [5.41, 5.74) is 1.95. The van der Waals surface area contributed by atoms with E-state index < -0.39 is 22.0 Å². The van der Waals surface area contributed by atoms with Crippen molar-refractivity contribution in [2.24, 2.45) is 0 Å². The van der Waals surface area contributed by atoms with E-state index in [2.05, 4.69) is 5.32 Å². The second-order valence-corrected chi connectivity index (χ2v) is 11.2. The number of hydrogen-bond donors (Lipinski definition) is 1. The van der Waals surface area contributed by atoms with Crippen molar-refractivity contribution in [1.29, 1.82) is 0 Å². The number of rotatable bonds is 7. The van der Waals surface area contributed by atoms with Gasteiger partial charge in [-0.1, -0.05) is 38.1 Å². The van der Waals surface area contributed by atoms with E-state index in [0.29, 0.717) is 0 Å². The van der Waals surface area contributed by atoms with Crippen molar-refractivity contribution in [2.45, 2.75) is 49.1 Å². The summed E-state index contributed by atoms with van der Waals surface area (Å²) < 4.78 is 28.1. The zero-order chi connectivity index (χ0) is 24.2. The van der Waals surface area contributed by atoms with Crippen LogP contribution in [0.15, 0.2) is 58.3 Å². The standard InChI is InChI=1S/C24H31N3O4S2/c1-17(2)20-7-11-22(12-8-20)33(30,31)27-14-13-26(18(3)28)16-23(27)24(29)25-15-19-5-9-21(32-4)10-6-19/h5-12,17,23H,13-16H2,1-4H3,(H,25,29). The average molecular weight is 490 g/mol. The molecule has 0 aromatic heterocycles. The second-order valence-electron chi connectivity index (χ2n) is 8.39. The highest BCUT2D eigenvalue weighted by Crippen LogP contribution is 2.24. The summed E-state index contributed by atoms with van der Waals surface area (Å²) in [7, 11) is -3.91. The molecule has 1 saturated heterocycles. The molecule has 0 spiro atoms. The molecule has 0 aliphatic carbocycles. The Balaban J connectivity index is 1.82. The summed E-state index contributed by atoms with van der Waals surface area (Å²) in [6.07, 6.45) is 1.99. The minimum Gasteiger partial charge on any atom is -0.351 e. The number of thioether (sulfide) groups is 1. The van der Waals surface area contributed by atoms with Crippen molar-refractivity contribution in [3.63, 3.8) is 0 Å². The first-order valence-corrected chi connectivity index (χ1v) is 13.6. The Morgan fingerprint density at radius 1 is 1.06 bits per heavy atom. The van der Waals surface area contributed by atoms with Gasteiger partial charge in [-0.05, 0) is 47.6 Å². The molecule has 1 N–H and O–H groups in total. The minimum atomic E-state index is -3.91. The lowest BCUT2D eigenvalue weighted by atomic mass is 10.0. The Kier molecular flexibility index (Phi) is 8.20. The van der Waals surface area contributed by atoms with Crippen LogP contribution in [0.4, 0.5) is 0 Å². The number of nitrogens with one attached hydrogen (secondary N) is 1. The Bertz CT molecular complexity index is 1080. The van der Waals surface area contributed by atoms with Crippen LogP contribution in [0, 0.1) is 0 Å². The van der Waals surface area contributed by atoms with E-state index in [0.717, 1.165) is 16.0 Å². The van der Waals surface area contributed by atoms with Crippen LogP contribution in [0.1, 0.15) is 37.8 Å². The van der Waals surface area contributed by atoms with Gasteiger partial charge in [-0.25, -0.2) is 8.42 Å². The summed E-state index contributed by atoms with van der Waals surface area (Å²) in [5.74, 6) is -0.319. The molecule has 1 unspecified atom stereocenters. The van der Waals surface area contributed by atoms with Crippen molar-refractivity contribution < 1.29 is 18.0 Å². The van der Waals surface area contributed by atoms with E-state index in [4.69, 9.17) is 0 Å². The van der Waals surface area contributed by atoms with Gasteiger partial charge in [-0.2, -0.15) is 4.31 Å². The lowest BCUT2D eigenvalue weighted by molar-refractivity contribution is -0.134. The third-order valence-corrected chi connectivity index (χ3v) is 8.52. The first kappa shape index (κ1) is 25.3. The van der Waals surface area contributed by atoms with Crippen LogP contribution in [-0.4, -0.2) is 61.4 Å². The highest BCUT2D eigenvalue weighted by atomic mass is 32.2. The Morgan fingerprint density at radius 2 is 1.70 bits per heavy atom. The van der Waals surface area contributed by atoms with Gasteiger partial charge in [0.2, 0.25) is 21.8 Å². The largest absolute Gasteiger partial charge is 0.351 e. The number of hydrogen-bond acceptors (Lipinski definition) is 5. The molecule has 1 aliphatic rings. The van der Waals surface area contributed by atoms with E-state index >= 15 is 0 Å². The maximum absolute atomic E-state index is 13.4. The van der Waals surface area contributed by atoms with Gasteiger partial charge in [0, 0.05) is 38.0 Å². The number of benzene rings is 2. The molecule has 7 nitrogen and oxygen atoms in total. The highest BCUT2D eigenvalue weighted by molar-refractivity contribution is 7.98. The molecule has 178 valence electrons. The molecule has 3 rings (SSSR count). The van der Waals surface area contributed by atoms with Crippen molar-refractivity contribution in [1.82, 2.24) is 14.5 Å². The maximum Gasteiger partial charge on any atom is 0.243 e. The fourth-order valence-corrected chi connectivity index (χ4v) is 5.74. The normalized spacial score (nSPS) is 17.2. The van der Waals surface area contributed by atoms with E-state index in [1.807, 2.05) is 44.4 Å². The number of sulfonamides is 1. The number of nitrogens with zero attached hydrogens (tertiary/aromatic N) is 2. The first-order chi connectivity index (χ1) is 15.6. The quantitative estimate of drug-likeness (QED) is 0.604. The summed E-state index contributed by atoms with van der Waals surface area (Å²) in [4.78, 5) is 27.9. The summed E-state index contributed by atoms with van der Waals surface area (Å²) in [5, 5.41) is 2.85. The van der Waals surface area contributed by atoms with Crippen molar-refractivity contribution in [3.05, 3.63) is 59.7 Å². The van der Waals surface area contributed by atoms with Crippen molar-refractivity contribution >= 4 is 33.6 Å². The summed E-state index contributed by atoms with van der Waals surface area (Å²) in [6, 6.07) is 13.6. The molecule has 1 heterocycles. The van der Waals surface area contributed by atoms with Crippen LogP contribution in [0.5, 0.6) is 0 Å². The van der Waals surface area contributed by atoms with Gasteiger partial charge in [-0.15, -0.1) is 11.8 Å². The maximum atomic E-state index is 13.4. The average Bonchev–Trinajstić information content (AvgIpc) is 2.82. The predicted molar refractivity (Wildman–Crippen MR) is 131 cm³/mol. The van der Waals surface area contributed by atoms with Crippen molar-refractivity contribution in [3.8, 4) is 0 Å².